The monoisotopic (exact) mass is 421 g/mol. The lowest BCUT2D eigenvalue weighted by Crippen LogP contribution is -2.33. The molecule has 0 spiro atoms. The summed E-state index contributed by atoms with van der Waals surface area (Å²) in [5.74, 6) is -0.618. The molecule has 0 aliphatic heterocycles. The molecule has 2 aromatic rings. The van der Waals surface area contributed by atoms with Crippen molar-refractivity contribution >= 4 is 16.0 Å². The second kappa shape index (κ2) is 8.41. The van der Waals surface area contributed by atoms with Crippen molar-refractivity contribution in [3.05, 3.63) is 59.4 Å². The van der Waals surface area contributed by atoms with Gasteiger partial charge in [0.2, 0.25) is 0 Å². The van der Waals surface area contributed by atoms with Crippen LogP contribution in [-0.2, 0) is 16.7 Å². The molecule has 0 aromatic heterocycles. The normalized spacial score (nSPS) is 14.0. The fourth-order valence-electron chi connectivity index (χ4n) is 2.84. The lowest BCUT2D eigenvalue weighted by Gasteiger charge is -2.23. The summed E-state index contributed by atoms with van der Waals surface area (Å²) in [4.78, 5) is 14.5. The number of ether oxygens (including phenoxy) is 1. The third-order valence-corrected chi connectivity index (χ3v) is 6.28. The third-order valence-electron chi connectivity index (χ3n) is 4.72. The lowest BCUT2D eigenvalue weighted by molar-refractivity contribution is 0.0725. The van der Waals surface area contributed by atoms with Gasteiger partial charge in [0.05, 0.1) is 17.9 Å². The van der Waals surface area contributed by atoms with Crippen molar-refractivity contribution in [1.29, 1.82) is 0 Å². The van der Waals surface area contributed by atoms with E-state index in [0.717, 1.165) is 12.8 Å². The largest absolute Gasteiger partial charge is 0.493 e. The molecule has 0 bridgehead atoms. The molecule has 8 heteroatoms. The van der Waals surface area contributed by atoms with Gasteiger partial charge in [0, 0.05) is 12.6 Å². The predicted octanol–water partition coefficient (Wildman–Crippen LogP) is 3.76. The van der Waals surface area contributed by atoms with Crippen LogP contribution < -0.4 is 8.92 Å². The van der Waals surface area contributed by atoms with Crippen LogP contribution in [0.15, 0.2) is 42.5 Å². The fraction of sp³-hybridized carbons (Fsp3) is 0.381. The van der Waals surface area contributed by atoms with Gasteiger partial charge in [0.15, 0.2) is 11.5 Å². The van der Waals surface area contributed by atoms with Crippen LogP contribution in [0.3, 0.4) is 0 Å². The van der Waals surface area contributed by atoms with E-state index in [1.54, 1.807) is 29.2 Å². The molecule has 0 heterocycles. The molecule has 1 aliphatic rings. The summed E-state index contributed by atoms with van der Waals surface area (Å²) in [7, 11) is -2.39. The summed E-state index contributed by atoms with van der Waals surface area (Å²) in [5, 5.41) is -0.721. The van der Waals surface area contributed by atoms with Crippen molar-refractivity contribution in [2.45, 2.75) is 44.5 Å². The fourth-order valence-corrected chi connectivity index (χ4v) is 3.42. The first-order chi connectivity index (χ1) is 13.7. The van der Waals surface area contributed by atoms with E-state index in [0.29, 0.717) is 5.56 Å². The summed E-state index contributed by atoms with van der Waals surface area (Å²) in [5.41, 5.74) is 0.683. The summed E-state index contributed by atoms with van der Waals surface area (Å²) in [6.07, 6.45) is 1.70. The molecule has 1 saturated carbocycles. The number of benzene rings is 2. The van der Waals surface area contributed by atoms with Gasteiger partial charge in [-0.05, 0) is 56.5 Å². The summed E-state index contributed by atoms with van der Waals surface area (Å²) >= 11 is 0. The number of nitrogens with zero attached hydrogens (tertiary/aromatic N) is 1. The van der Waals surface area contributed by atoms with Crippen molar-refractivity contribution in [3.8, 4) is 11.5 Å². The molecule has 0 saturated heterocycles. The van der Waals surface area contributed by atoms with Gasteiger partial charge in [0.1, 0.15) is 5.82 Å². The number of carbonyl (C=O) groups excluding carboxylic acids is 1. The van der Waals surface area contributed by atoms with Gasteiger partial charge in [-0.15, -0.1) is 0 Å². The molecule has 2 aromatic carbocycles. The minimum atomic E-state index is -3.81. The maximum absolute atomic E-state index is 14.1. The molecule has 1 amide bonds. The zero-order valence-corrected chi connectivity index (χ0v) is 17.4. The van der Waals surface area contributed by atoms with Crippen LogP contribution >= 0.6 is 0 Å². The molecule has 0 atom stereocenters. The standard InChI is InChI=1S/C21H24FNO5S/c1-14(2)29(25,26)28-20-12-15(8-11-19(20)27-3)13-23(16-9-10-16)21(24)17-6-4-5-7-18(17)22/h4-8,11-12,14,16H,9-10,13H2,1-3H3. The van der Waals surface area contributed by atoms with E-state index in [1.165, 1.54) is 39.2 Å². The Balaban J connectivity index is 1.88. The van der Waals surface area contributed by atoms with Crippen LogP contribution in [-0.4, -0.2) is 37.6 Å². The third kappa shape index (κ3) is 4.87. The van der Waals surface area contributed by atoms with Crippen LogP contribution in [0, 0.1) is 5.82 Å². The molecule has 156 valence electrons. The number of amides is 1. The number of rotatable bonds is 8. The molecule has 1 fully saturated rings. The number of hydrogen-bond donors (Lipinski definition) is 0. The second-order valence-corrected chi connectivity index (χ2v) is 9.35. The SMILES string of the molecule is COc1ccc(CN(C(=O)c2ccccc2F)C2CC2)cc1OS(=O)(=O)C(C)C. The molecule has 0 radical (unpaired) electrons. The number of halogens is 1. The average Bonchev–Trinajstić information content (AvgIpc) is 3.51. The van der Waals surface area contributed by atoms with Crippen molar-refractivity contribution in [3.63, 3.8) is 0 Å². The predicted molar refractivity (Wildman–Crippen MR) is 107 cm³/mol. The highest BCUT2D eigenvalue weighted by molar-refractivity contribution is 7.87. The van der Waals surface area contributed by atoms with E-state index in [1.807, 2.05) is 0 Å². The van der Waals surface area contributed by atoms with E-state index in [-0.39, 0.29) is 29.6 Å². The van der Waals surface area contributed by atoms with Gasteiger partial charge in [-0.2, -0.15) is 8.42 Å². The Labute approximate surface area is 170 Å². The Morgan fingerprint density at radius 3 is 2.45 bits per heavy atom. The van der Waals surface area contributed by atoms with Crippen LogP contribution in [0.2, 0.25) is 0 Å². The van der Waals surface area contributed by atoms with Gasteiger partial charge in [-0.1, -0.05) is 18.2 Å². The molecule has 0 unspecified atom stereocenters. The van der Waals surface area contributed by atoms with E-state index in [2.05, 4.69) is 0 Å². The van der Waals surface area contributed by atoms with Crippen molar-refractivity contribution in [2.75, 3.05) is 7.11 Å². The Kier molecular flexibility index (Phi) is 6.12. The topological polar surface area (TPSA) is 72.9 Å². The van der Waals surface area contributed by atoms with E-state index < -0.39 is 27.1 Å². The summed E-state index contributed by atoms with van der Waals surface area (Å²) in [6, 6.07) is 10.8. The van der Waals surface area contributed by atoms with Crippen LogP contribution in [0.1, 0.15) is 42.6 Å². The van der Waals surface area contributed by atoms with Gasteiger partial charge in [-0.3, -0.25) is 4.79 Å². The number of carbonyl (C=O) groups is 1. The quantitative estimate of drug-likeness (QED) is 0.607. The van der Waals surface area contributed by atoms with Crippen LogP contribution in [0.4, 0.5) is 4.39 Å². The summed E-state index contributed by atoms with van der Waals surface area (Å²) < 4.78 is 48.9. The van der Waals surface area contributed by atoms with Crippen molar-refractivity contribution in [1.82, 2.24) is 4.90 Å². The second-order valence-electron chi connectivity index (χ2n) is 7.25. The zero-order chi connectivity index (χ0) is 21.2. The Bertz CT molecular complexity index is 1000. The van der Waals surface area contributed by atoms with Gasteiger partial charge in [0.25, 0.3) is 5.91 Å². The first-order valence-corrected chi connectivity index (χ1v) is 10.9. The van der Waals surface area contributed by atoms with Gasteiger partial charge >= 0.3 is 10.1 Å². The van der Waals surface area contributed by atoms with E-state index in [4.69, 9.17) is 8.92 Å². The minimum Gasteiger partial charge on any atom is -0.493 e. The number of hydrogen-bond acceptors (Lipinski definition) is 5. The van der Waals surface area contributed by atoms with Gasteiger partial charge < -0.3 is 13.8 Å². The van der Waals surface area contributed by atoms with E-state index >= 15 is 0 Å². The van der Waals surface area contributed by atoms with Gasteiger partial charge in [-0.25, -0.2) is 4.39 Å². The Hall–Kier alpha value is -2.61. The van der Waals surface area contributed by atoms with Crippen LogP contribution in [0.5, 0.6) is 11.5 Å². The molecule has 0 N–H and O–H groups in total. The van der Waals surface area contributed by atoms with Crippen molar-refractivity contribution in [2.24, 2.45) is 0 Å². The Morgan fingerprint density at radius 2 is 1.86 bits per heavy atom. The zero-order valence-electron chi connectivity index (χ0n) is 16.6. The summed E-state index contributed by atoms with van der Waals surface area (Å²) in [6.45, 7) is 3.25. The highest BCUT2D eigenvalue weighted by Crippen LogP contribution is 2.34. The molecule has 6 nitrogen and oxygen atoms in total. The maximum atomic E-state index is 14.1. The molecular weight excluding hydrogens is 397 g/mol. The highest BCUT2D eigenvalue weighted by atomic mass is 32.2. The molecule has 3 rings (SSSR count). The highest BCUT2D eigenvalue weighted by Gasteiger charge is 2.34. The van der Waals surface area contributed by atoms with Crippen molar-refractivity contribution < 1.29 is 26.5 Å². The van der Waals surface area contributed by atoms with Crippen LogP contribution in [0.25, 0.3) is 0 Å². The maximum Gasteiger partial charge on any atom is 0.311 e. The van der Waals surface area contributed by atoms with E-state index in [9.17, 15) is 17.6 Å². The minimum absolute atomic E-state index is 0.0202. The first-order valence-electron chi connectivity index (χ1n) is 9.38. The Morgan fingerprint density at radius 1 is 1.17 bits per heavy atom. The lowest BCUT2D eigenvalue weighted by atomic mass is 10.1. The molecular formula is C21H24FNO5S. The average molecular weight is 421 g/mol. The first kappa shape index (κ1) is 21.1. The number of methoxy groups -OCH3 is 1. The smallest absolute Gasteiger partial charge is 0.311 e. The molecule has 1 aliphatic carbocycles. The molecule has 29 heavy (non-hydrogen) atoms.